The maximum atomic E-state index is 6.12. The van der Waals surface area contributed by atoms with E-state index < -0.39 is 0 Å². The summed E-state index contributed by atoms with van der Waals surface area (Å²) in [6, 6.07) is 12.2. The van der Waals surface area contributed by atoms with Gasteiger partial charge in [0.05, 0.1) is 5.52 Å². The van der Waals surface area contributed by atoms with Gasteiger partial charge in [0.25, 0.3) is 0 Å². The number of para-hydroxylation sites is 1. The van der Waals surface area contributed by atoms with Crippen LogP contribution in [0.3, 0.4) is 0 Å². The summed E-state index contributed by atoms with van der Waals surface area (Å²) in [5, 5.41) is 5.33. The van der Waals surface area contributed by atoms with Crippen LogP contribution in [-0.2, 0) is 0 Å². The number of benzene rings is 2. The lowest BCUT2D eigenvalue weighted by Gasteiger charge is -2.13. The monoisotopic (exact) mass is 394 g/mol. The van der Waals surface area contributed by atoms with Crippen molar-refractivity contribution in [3.63, 3.8) is 0 Å². The van der Waals surface area contributed by atoms with Crippen molar-refractivity contribution < 1.29 is 0 Å². The summed E-state index contributed by atoms with van der Waals surface area (Å²) in [5.74, 6) is 1.59. The summed E-state index contributed by atoms with van der Waals surface area (Å²) >= 11 is 6.12. The number of halogens is 1. The van der Waals surface area contributed by atoms with E-state index in [4.69, 9.17) is 21.6 Å². The molecule has 1 aromatic heterocycles. The molecule has 0 spiro atoms. The number of hydrogen-bond acceptors (Lipinski definition) is 4. The molecule has 1 heterocycles. The van der Waals surface area contributed by atoms with E-state index >= 15 is 0 Å². The highest BCUT2D eigenvalue weighted by Crippen LogP contribution is 2.24. The molecule has 4 nitrogen and oxygen atoms in total. The smallest absolute Gasteiger partial charge is 0.154 e. The van der Waals surface area contributed by atoms with Crippen LogP contribution in [0.1, 0.15) is 28.9 Å². The lowest BCUT2D eigenvalue weighted by Crippen LogP contribution is -2.17. The summed E-state index contributed by atoms with van der Waals surface area (Å²) in [7, 11) is 4.18. The third-order valence-corrected chi connectivity index (χ3v) is 5.05. The topological polar surface area (TPSA) is 41.1 Å². The van der Waals surface area contributed by atoms with Gasteiger partial charge in [0.15, 0.2) is 5.82 Å². The second-order valence-electron chi connectivity index (χ2n) is 7.33. The molecule has 0 aliphatic heterocycles. The Kier molecular flexibility index (Phi) is 6.65. The minimum atomic E-state index is 0.699. The minimum Gasteiger partial charge on any atom is -0.369 e. The van der Waals surface area contributed by atoms with Gasteiger partial charge in [0, 0.05) is 17.0 Å². The molecule has 0 saturated carbocycles. The van der Waals surface area contributed by atoms with Crippen molar-refractivity contribution in [2.24, 2.45) is 0 Å². The molecule has 0 unspecified atom stereocenters. The zero-order valence-corrected chi connectivity index (χ0v) is 17.7. The summed E-state index contributed by atoms with van der Waals surface area (Å²) in [5.41, 5.74) is 4.27. The van der Waals surface area contributed by atoms with Crippen LogP contribution < -0.4 is 5.32 Å². The highest BCUT2D eigenvalue weighted by atomic mass is 35.5. The average molecular weight is 395 g/mol. The molecule has 28 heavy (non-hydrogen) atoms. The Labute approximate surface area is 172 Å². The second kappa shape index (κ2) is 9.18. The summed E-state index contributed by atoms with van der Waals surface area (Å²) < 4.78 is 0. The predicted octanol–water partition coefficient (Wildman–Crippen LogP) is 5.43. The Morgan fingerprint density at radius 3 is 2.61 bits per heavy atom. The predicted molar refractivity (Wildman–Crippen MR) is 121 cm³/mol. The Morgan fingerprint density at radius 1 is 1.04 bits per heavy atom. The lowest BCUT2D eigenvalue weighted by atomic mass is 10.1. The third kappa shape index (κ3) is 5.09. The maximum absolute atomic E-state index is 6.12. The molecule has 0 aliphatic carbocycles. The van der Waals surface area contributed by atoms with Crippen molar-refractivity contribution >= 4 is 40.5 Å². The van der Waals surface area contributed by atoms with Crippen molar-refractivity contribution in [1.29, 1.82) is 0 Å². The Morgan fingerprint density at radius 2 is 1.86 bits per heavy atom. The molecule has 5 heteroatoms. The van der Waals surface area contributed by atoms with Crippen molar-refractivity contribution in [2.45, 2.75) is 20.3 Å². The minimum absolute atomic E-state index is 0.699. The van der Waals surface area contributed by atoms with E-state index in [1.165, 1.54) is 0 Å². The molecule has 1 N–H and O–H groups in total. The van der Waals surface area contributed by atoms with Gasteiger partial charge in [-0.15, -0.1) is 0 Å². The van der Waals surface area contributed by atoms with Crippen LogP contribution >= 0.6 is 11.6 Å². The highest BCUT2D eigenvalue weighted by Gasteiger charge is 2.08. The molecule has 3 aromatic rings. The van der Waals surface area contributed by atoms with E-state index in [1.54, 1.807) is 0 Å². The number of nitrogens with one attached hydrogen (secondary N) is 1. The first-order chi connectivity index (χ1) is 13.4. The van der Waals surface area contributed by atoms with E-state index in [0.29, 0.717) is 5.82 Å². The quantitative estimate of drug-likeness (QED) is 0.542. The lowest BCUT2D eigenvalue weighted by molar-refractivity contribution is 0.405. The summed E-state index contributed by atoms with van der Waals surface area (Å²) in [6.07, 6.45) is 5.04. The van der Waals surface area contributed by atoms with Crippen LogP contribution in [-0.4, -0.2) is 42.1 Å². The maximum Gasteiger partial charge on any atom is 0.154 e. The van der Waals surface area contributed by atoms with E-state index in [1.807, 2.05) is 31.2 Å². The van der Waals surface area contributed by atoms with Gasteiger partial charge in [0.1, 0.15) is 5.82 Å². The Bertz CT molecular complexity index is 995. The number of aromatic nitrogens is 2. The van der Waals surface area contributed by atoms with Gasteiger partial charge >= 0.3 is 0 Å². The molecule has 0 amide bonds. The zero-order chi connectivity index (χ0) is 20.1. The zero-order valence-electron chi connectivity index (χ0n) is 17.0. The molecule has 2 aromatic carbocycles. The van der Waals surface area contributed by atoms with E-state index in [0.717, 1.165) is 57.9 Å². The average Bonchev–Trinajstić information content (AvgIpc) is 2.66. The molecule has 0 aliphatic rings. The van der Waals surface area contributed by atoms with Crippen molar-refractivity contribution in [2.75, 3.05) is 32.5 Å². The van der Waals surface area contributed by atoms with Crippen molar-refractivity contribution in [3.05, 3.63) is 63.9 Å². The standard InChI is InChI=1S/C23H27ClN4/c1-16-7-5-8-19-22(16)26-21(27-23(19)25-13-6-14-28(3)4)12-10-18-9-11-20(24)17(2)15-18/h5,7-12,15H,6,13-14H2,1-4H3,(H,25,26,27)/b12-10+. The van der Waals surface area contributed by atoms with Crippen LogP contribution in [0.5, 0.6) is 0 Å². The van der Waals surface area contributed by atoms with Crippen molar-refractivity contribution in [3.8, 4) is 0 Å². The van der Waals surface area contributed by atoms with Gasteiger partial charge in [-0.2, -0.15) is 0 Å². The molecule has 146 valence electrons. The number of fused-ring (bicyclic) bond motifs is 1. The Balaban J connectivity index is 1.90. The molecular formula is C23H27ClN4. The van der Waals surface area contributed by atoms with E-state index in [2.05, 4.69) is 55.5 Å². The van der Waals surface area contributed by atoms with Crippen LogP contribution in [0.25, 0.3) is 23.1 Å². The molecular weight excluding hydrogens is 368 g/mol. The molecule has 0 radical (unpaired) electrons. The fraction of sp³-hybridized carbons (Fsp3) is 0.304. The largest absolute Gasteiger partial charge is 0.369 e. The highest BCUT2D eigenvalue weighted by molar-refractivity contribution is 6.31. The normalized spacial score (nSPS) is 11.6. The van der Waals surface area contributed by atoms with E-state index in [9.17, 15) is 0 Å². The van der Waals surface area contributed by atoms with Gasteiger partial charge < -0.3 is 10.2 Å². The second-order valence-corrected chi connectivity index (χ2v) is 7.73. The van der Waals surface area contributed by atoms with Crippen molar-refractivity contribution in [1.82, 2.24) is 14.9 Å². The number of nitrogens with zero attached hydrogens (tertiary/aromatic N) is 3. The van der Waals surface area contributed by atoms with Gasteiger partial charge in [-0.25, -0.2) is 9.97 Å². The number of anilines is 1. The number of rotatable bonds is 7. The summed E-state index contributed by atoms with van der Waals surface area (Å²) in [4.78, 5) is 11.7. The fourth-order valence-electron chi connectivity index (χ4n) is 3.07. The molecule has 0 bridgehead atoms. The SMILES string of the molecule is Cc1cc(/C=C/c2nc(NCCCN(C)C)c3cccc(C)c3n2)ccc1Cl. The first-order valence-electron chi connectivity index (χ1n) is 9.54. The van der Waals surface area contributed by atoms with Gasteiger partial charge in [-0.05, 0) is 75.8 Å². The van der Waals surface area contributed by atoms with Gasteiger partial charge in [0.2, 0.25) is 0 Å². The molecule has 0 saturated heterocycles. The molecule has 0 atom stereocenters. The Hall–Kier alpha value is -2.43. The van der Waals surface area contributed by atoms with Crippen LogP contribution in [0.4, 0.5) is 5.82 Å². The summed E-state index contributed by atoms with van der Waals surface area (Å²) in [6.45, 7) is 6.00. The number of aryl methyl sites for hydroxylation is 2. The molecule has 0 fully saturated rings. The third-order valence-electron chi connectivity index (χ3n) is 4.63. The fourth-order valence-corrected chi connectivity index (χ4v) is 3.18. The van der Waals surface area contributed by atoms with Crippen LogP contribution in [0.2, 0.25) is 5.02 Å². The molecule has 3 rings (SSSR count). The van der Waals surface area contributed by atoms with Crippen LogP contribution in [0, 0.1) is 13.8 Å². The van der Waals surface area contributed by atoms with Crippen LogP contribution in [0.15, 0.2) is 36.4 Å². The number of hydrogen-bond donors (Lipinski definition) is 1. The van der Waals surface area contributed by atoms with E-state index in [-0.39, 0.29) is 0 Å². The first-order valence-corrected chi connectivity index (χ1v) is 9.92. The first kappa shape index (κ1) is 20.3. The van der Waals surface area contributed by atoms with Gasteiger partial charge in [-0.1, -0.05) is 41.9 Å². The van der Waals surface area contributed by atoms with Gasteiger partial charge in [-0.3, -0.25) is 0 Å².